The minimum atomic E-state index is 0.553. The van der Waals surface area contributed by atoms with Crippen LogP contribution in [0.4, 0.5) is 0 Å². The molecule has 19 heavy (non-hydrogen) atoms. The molecule has 0 saturated carbocycles. The molecule has 0 aliphatic rings. The van der Waals surface area contributed by atoms with Crippen LogP contribution in [0.1, 0.15) is 5.56 Å². The fourth-order valence-electron chi connectivity index (χ4n) is 1.92. The summed E-state index contributed by atoms with van der Waals surface area (Å²) in [6.07, 6.45) is 1.79. The number of aromatic nitrogens is 1. The molecule has 0 unspecified atom stereocenters. The van der Waals surface area contributed by atoms with Crippen molar-refractivity contribution in [2.75, 3.05) is 0 Å². The third-order valence-electron chi connectivity index (χ3n) is 2.89. The summed E-state index contributed by atoms with van der Waals surface area (Å²) in [5.41, 5.74) is 2.09. The molecule has 0 atom stereocenters. The van der Waals surface area contributed by atoms with Gasteiger partial charge in [-0.1, -0.05) is 36.4 Å². The third-order valence-corrected chi connectivity index (χ3v) is 3.51. The van der Waals surface area contributed by atoms with Gasteiger partial charge in [-0.3, -0.25) is 4.98 Å². The summed E-state index contributed by atoms with van der Waals surface area (Å²) in [5, 5.41) is 1.10. The number of rotatable bonds is 3. The minimum absolute atomic E-state index is 0.553. The third kappa shape index (κ3) is 2.76. The van der Waals surface area contributed by atoms with Crippen molar-refractivity contribution in [3.05, 3.63) is 70.8 Å². The Kier molecular flexibility index (Phi) is 3.47. The van der Waals surface area contributed by atoms with E-state index in [9.17, 15) is 0 Å². The predicted octanol–water partition coefficient (Wildman–Crippen LogP) is 4.58. The smallest absolute Gasteiger partial charge is 0.136 e. The van der Waals surface area contributed by atoms with E-state index < -0.39 is 0 Å². The average Bonchev–Trinajstić information content (AvgIpc) is 2.46. The van der Waals surface area contributed by atoms with E-state index in [1.165, 1.54) is 0 Å². The van der Waals surface area contributed by atoms with Crippen LogP contribution in [0.25, 0.3) is 10.9 Å². The van der Waals surface area contributed by atoms with Crippen molar-refractivity contribution < 1.29 is 4.74 Å². The lowest BCUT2D eigenvalue weighted by atomic mass is 10.2. The Morgan fingerprint density at radius 1 is 1.00 bits per heavy atom. The van der Waals surface area contributed by atoms with Crippen LogP contribution in [0, 0.1) is 0 Å². The molecule has 2 aromatic carbocycles. The highest BCUT2D eigenvalue weighted by Gasteiger charge is 2.05. The molecule has 3 rings (SSSR count). The Balaban J connectivity index is 1.86. The van der Waals surface area contributed by atoms with Crippen LogP contribution >= 0.6 is 15.9 Å². The van der Waals surface area contributed by atoms with Crippen molar-refractivity contribution in [2.24, 2.45) is 0 Å². The van der Waals surface area contributed by atoms with Crippen LogP contribution in [0.3, 0.4) is 0 Å². The van der Waals surface area contributed by atoms with Gasteiger partial charge in [0.15, 0.2) is 0 Å². The van der Waals surface area contributed by atoms with Gasteiger partial charge in [-0.05, 0) is 33.6 Å². The lowest BCUT2D eigenvalue weighted by Crippen LogP contribution is -1.96. The van der Waals surface area contributed by atoms with Gasteiger partial charge in [0.1, 0.15) is 12.4 Å². The van der Waals surface area contributed by atoms with E-state index in [0.29, 0.717) is 6.61 Å². The Bertz CT molecular complexity index is 697. The summed E-state index contributed by atoms with van der Waals surface area (Å²) in [6.45, 7) is 0.553. The molecule has 0 aliphatic carbocycles. The summed E-state index contributed by atoms with van der Waals surface area (Å²) < 4.78 is 6.79. The number of fused-ring (bicyclic) bond motifs is 1. The molecule has 1 aromatic heterocycles. The van der Waals surface area contributed by atoms with Gasteiger partial charge in [0.05, 0.1) is 9.99 Å². The zero-order valence-corrected chi connectivity index (χ0v) is 11.8. The number of hydrogen-bond acceptors (Lipinski definition) is 2. The molecule has 0 N–H and O–H groups in total. The molecule has 0 saturated heterocycles. The fraction of sp³-hybridized carbons (Fsp3) is 0.0625. The van der Waals surface area contributed by atoms with E-state index in [4.69, 9.17) is 4.74 Å². The van der Waals surface area contributed by atoms with E-state index >= 15 is 0 Å². The number of halogens is 1. The van der Waals surface area contributed by atoms with E-state index in [2.05, 4.69) is 20.9 Å². The van der Waals surface area contributed by atoms with E-state index in [0.717, 1.165) is 26.7 Å². The normalized spacial score (nSPS) is 10.6. The molecule has 0 spiro atoms. The first-order chi connectivity index (χ1) is 9.33. The van der Waals surface area contributed by atoms with Crippen LogP contribution in [0.2, 0.25) is 0 Å². The van der Waals surface area contributed by atoms with Gasteiger partial charge in [-0.15, -0.1) is 0 Å². The zero-order valence-electron chi connectivity index (χ0n) is 10.2. The second-order valence-corrected chi connectivity index (χ2v) is 5.11. The number of ether oxygens (including phenoxy) is 1. The highest BCUT2D eigenvalue weighted by molar-refractivity contribution is 9.10. The van der Waals surface area contributed by atoms with Gasteiger partial charge >= 0.3 is 0 Å². The zero-order chi connectivity index (χ0) is 13.1. The highest BCUT2D eigenvalue weighted by atomic mass is 79.9. The molecule has 1 heterocycles. The van der Waals surface area contributed by atoms with Crippen LogP contribution in [-0.2, 0) is 6.61 Å². The van der Waals surface area contributed by atoms with Crippen molar-refractivity contribution >= 4 is 26.8 Å². The highest BCUT2D eigenvalue weighted by Crippen LogP contribution is 2.30. The molecule has 0 bridgehead atoms. The van der Waals surface area contributed by atoms with Crippen LogP contribution in [0.15, 0.2) is 65.3 Å². The van der Waals surface area contributed by atoms with Crippen LogP contribution < -0.4 is 4.74 Å². The van der Waals surface area contributed by atoms with E-state index in [1.807, 2.05) is 54.6 Å². The molecule has 94 valence electrons. The molecular formula is C16H12BrNO. The monoisotopic (exact) mass is 313 g/mol. The molecule has 3 heteroatoms. The Labute approximate surface area is 120 Å². The lowest BCUT2D eigenvalue weighted by Gasteiger charge is -2.09. The molecule has 3 aromatic rings. The predicted molar refractivity (Wildman–Crippen MR) is 80.2 cm³/mol. The van der Waals surface area contributed by atoms with Crippen LogP contribution in [0.5, 0.6) is 5.75 Å². The van der Waals surface area contributed by atoms with Gasteiger partial charge in [-0.2, -0.15) is 0 Å². The van der Waals surface area contributed by atoms with Crippen molar-refractivity contribution in [1.29, 1.82) is 0 Å². The van der Waals surface area contributed by atoms with Gasteiger partial charge in [0.25, 0.3) is 0 Å². The Morgan fingerprint density at radius 2 is 1.84 bits per heavy atom. The van der Waals surface area contributed by atoms with Gasteiger partial charge in [0, 0.05) is 17.6 Å². The van der Waals surface area contributed by atoms with Gasteiger partial charge in [-0.25, -0.2) is 0 Å². The SMILES string of the molecule is Brc1cc2cccnc2cc1OCc1ccccc1. The molecule has 0 aliphatic heterocycles. The van der Waals surface area contributed by atoms with Crippen LogP contribution in [-0.4, -0.2) is 4.98 Å². The van der Waals surface area contributed by atoms with Crippen molar-refractivity contribution in [1.82, 2.24) is 4.98 Å². The van der Waals surface area contributed by atoms with Gasteiger partial charge < -0.3 is 4.74 Å². The summed E-state index contributed by atoms with van der Waals surface area (Å²) in [6, 6.07) is 18.1. The topological polar surface area (TPSA) is 22.1 Å². The number of pyridine rings is 1. The molecule has 0 radical (unpaired) electrons. The summed E-state index contributed by atoms with van der Waals surface area (Å²) in [7, 11) is 0. The maximum Gasteiger partial charge on any atom is 0.136 e. The number of benzene rings is 2. The van der Waals surface area contributed by atoms with Crippen molar-refractivity contribution in [3.8, 4) is 5.75 Å². The summed E-state index contributed by atoms with van der Waals surface area (Å²) in [5.74, 6) is 0.815. The molecule has 0 amide bonds. The average molecular weight is 314 g/mol. The second-order valence-electron chi connectivity index (χ2n) is 4.25. The van der Waals surface area contributed by atoms with Crippen molar-refractivity contribution in [2.45, 2.75) is 6.61 Å². The minimum Gasteiger partial charge on any atom is -0.488 e. The maximum atomic E-state index is 5.84. The Morgan fingerprint density at radius 3 is 2.68 bits per heavy atom. The van der Waals surface area contributed by atoms with E-state index in [1.54, 1.807) is 6.20 Å². The van der Waals surface area contributed by atoms with Gasteiger partial charge in [0.2, 0.25) is 0 Å². The maximum absolute atomic E-state index is 5.84. The molecule has 0 fully saturated rings. The first-order valence-electron chi connectivity index (χ1n) is 6.04. The summed E-state index contributed by atoms with van der Waals surface area (Å²) >= 11 is 3.54. The largest absolute Gasteiger partial charge is 0.488 e. The standard InChI is InChI=1S/C16H12BrNO/c17-14-9-13-7-4-8-18-15(13)10-16(14)19-11-12-5-2-1-3-6-12/h1-10H,11H2. The molecule has 2 nitrogen and oxygen atoms in total. The summed E-state index contributed by atoms with van der Waals surface area (Å²) in [4.78, 5) is 4.34. The Hall–Kier alpha value is -1.87. The first kappa shape index (κ1) is 12.2. The number of hydrogen-bond donors (Lipinski definition) is 0. The molecular weight excluding hydrogens is 302 g/mol. The first-order valence-corrected chi connectivity index (χ1v) is 6.83. The van der Waals surface area contributed by atoms with Crippen molar-refractivity contribution in [3.63, 3.8) is 0 Å². The quantitative estimate of drug-likeness (QED) is 0.706. The second kappa shape index (κ2) is 5.41. The number of nitrogens with zero attached hydrogens (tertiary/aromatic N) is 1. The fourth-order valence-corrected chi connectivity index (χ4v) is 2.39. The van der Waals surface area contributed by atoms with E-state index in [-0.39, 0.29) is 0 Å². The lowest BCUT2D eigenvalue weighted by molar-refractivity contribution is 0.304.